The molecule has 20 heavy (non-hydrogen) atoms. The number of nitrogens with one attached hydrogen (secondary N) is 1. The van der Waals surface area contributed by atoms with Gasteiger partial charge in [-0.15, -0.1) is 21.5 Å². The van der Waals surface area contributed by atoms with Crippen LogP contribution in [0.2, 0.25) is 0 Å². The summed E-state index contributed by atoms with van der Waals surface area (Å²) in [4.78, 5) is 14.4. The minimum absolute atomic E-state index is 0.0134. The normalized spacial score (nSPS) is 11.2. The van der Waals surface area contributed by atoms with Gasteiger partial charge in [0, 0.05) is 6.04 Å². The largest absolute Gasteiger partial charge is 0.419 e. The topological polar surface area (TPSA) is 71.3 Å². The first-order valence-electron chi connectivity index (χ1n) is 6.38. The first-order valence-corrected chi connectivity index (χ1v) is 7.26. The Balaban J connectivity index is 1.89. The first kappa shape index (κ1) is 14.7. The molecule has 6 nitrogen and oxygen atoms in total. The zero-order valence-electron chi connectivity index (χ0n) is 11.8. The number of amides is 1. The Morgan fingerprint density at radius 1 is 1.50 bits per heavy atom. The molecule has 0 spiro atoms. The van der Waals surface area contributed by atoms with Gasteiger partial charge in [0.2, 0.25) is 11.8 Å². The van der Waals surface area contributed by atoms with Crippen molar-refractivity contribution in [2.75, 3.05) is 13.6 Å². The van der Waals surface area contributed by atoms with Gasteiger partial charge in [-0.1, -0.05) is 6.07 Å². The van der Waals surface area contributed by atoms with Crippen LogP contribution >= 0.6 is 11.3 Å². The van der Waals surface area contributed by atoms with Crippen LogP contribution < -0.4 is 5.32 Å². The van der Waals surface area contributed by atoms with Crippen molar-refractivity contribution in [1.82, 2.24) is 20.4 Å². The minimum Gasteiger partial charge on any atom is -0.419 e. The summed E-state index contributed by atoms with van der Waals surface area (Å²) < 4.78 is 5.58. The van der Waals surface area contributed by atoms with E-state index < -0.39 is 0 Å². The third kappa shape index (κ3) is 4.14. The van der Waals surface area contributed by atoms with Crippen LogP contribution in [0.1, 0.15) is 19.7 Å². The molecule has 0 saturated carbocycles. The van der Waals surface area contributed by atoms with Gasteiger partial charge < -0.3 is 9.73 Å². The average Bonchev–Trinajstić information content (AvgIpc) is 2.96. The van der Waals surface area contributed by atoms with E-state index in [-0.39, 0.29) is 11.9 Å². The fourth-order valence-corrected chi connectivity index (χ4v) is 2.36. The van der Waals surface area contributed by atoms with E-state index in [1.165, 1.54) is 0 Å². The smallest absolute Gasteiger partial charge is 0.257 e. The molecule has 0 aliphatic rings. The monoisotopic (exact) mass is 294 g/mol. The molecule has 2 heterocycles. The van der Waals surface area contributed by atoms with Crippen LogP contribution in [0.5, 0.6) is 0 Å². The second-order valence-corrected chi connectivity index (χ2v) is 5.82. The summed E-state index contributed by atoms with van der Waals surface area (Å²) in [6.45, 7) is 4.62. The predicted molar refractivity (Wildman–Crippen MR) is 77.2 cm³/mol. The maximum absolute atomic E-state index is 11.6. The van der Waals surface area contributed by atoms with Crippen LogP contribution in [0.3, 0.4) is 0 Å². The standard InChI is InChI=1S/C13H18N4O2S/c1-9(2)14-11(18)7-17(3)8-12-15-16-13(19-12)10-5-4-6-20-10/h4-6,9H,7-8H2,1-3H3,(H,14,18). The summed E-state index contributed by atoms with van der Waals surface area (Å²) in [6, 6.07) is 4.01. The number of hydrogen-bond donors (Lipinski definition) is 1. The number of aromatic nitrogens is 2. The molecule has 0 saturated heterocycles. The Morgan fingerprint density at radius 3 is 2.95 bits per heavy atom. The van der Waals surface area contributed by atoms with Gasteiger partial charge in [0.1, 0.15) is 0 Å². The maximum Gasteiger partial charge on any atom is 0.257 e. The molecular weight excluding hydrogens is 276 g/mol. The molecular formula is C13H18N4O2S. The van der Waals surface area contributed by atoms with Crippen LogP contribution in [0.4, 0.5) is 0 Å². The molecule has 0 unspecified atom stereocenters. The molecule has 108 valence electrons. The van der Waals surface area contributed by atoms with E-state index in [2.05, 4.69) is 15.5 Å². The molecule has 2 aromatic heterocycles. The number of likely N-dealkylation sites (N-methyl/N-ethyl adjacent to an activating group) is 1. The molecule has 7 heteroatoms. The number of carbonyl (C=O) groups excluding carboxylic acids is 1. The summed E-state index contributed by atoms with van der Waals surface area (Å²) >= 11 is 1.55. The Labute approximate surface area is 121 Å². The number of nitrogens with zero attached hydrogens (tertiary/aromatic N) is 3. The highest BCUT2D eigenvalue weighted by Gasteiger charge is 2.13. The minimum atomic E-state index is -0.0134. The van der Waals surface area contributed by atoms with E-state index in [9.17, 15) is 4.79 Å². The van der Waals surface area contributed by atoms with Crippen molar-refractivity contribution in [1.29, 1.82) is 0 Å². The number of hydrogen-bond acceptors (Lipinski definition) is 6. The van der Waals surface area contributed by atoms with E-state index in [0.29, 0.717) is 24.9 Å². The molecule has 0 radical (unpaired) electrons. The lowest BCUT2D eigenvalue weighted by molar-refractivity contribution is -0.122. The highest BCUT2D eigenvalue weighted by molar-refractivity contribution is 7.13. The SMILES string of the molecule is CC(C)NC(=O)CN(C)Cc1nnc(-c2cccs2)o1. The third-order valence-corrected chi connectivity index (χ3v) is 3.33. The van der Waals surface area contributed by atoms with E-state index >= 15 is 0 Å². The van der Waals surface area contributed by atoms with Crippen molar-refractivity contribution in [2.45, 2.75) is 26.4 Å². The maximum atomic E-state index is 11.6. The predicted octanol–water partition coefficient (Wildman–Crippen LogP) is 1.75. The summed E-state index contributed by atoms with van der Waals surface area (Å²) in [6.07, 6.45) is 0. The van der Waals surface area contributed by atoms with Gasteiger partial charge in [0.25, 0.3) is 5.89 Å². The lowest BCUT2D eigenvalue weighted by Gasteiger charge is -2.15. The molecule has 0 atom stereocenters. The quantitative estimate of drug-likeness (QED) is 0.879. The number of carbonyl (C=O) groups is 1. The van der Waals surface area contributed by atoms with Crippen LogP contribution in [-0.2, 0) is 11.3 Å². The van der Waals surface area contributed by atoms with Gasteiger partial charge in [-0.25, -0.2) is 0 Å². The van der Waals surface area contributed by atoms with Crippen molar-refractivity contribution in [2.24, 2.45) is 0 Å². The molecule has 2 aromatic rings. The molecule has 0 aromatic carbocycles. The van der Waals surface area contributed by atoms with Gasteiger partial charge in [0.05, 0.1) is 18.0 Å². The highest BCUT2D eigenvalue weighted by Crippen LogP contribution is 2.23. The Hall–Kier alpha value is -1.73. The summed E-state index contributed by atoms with van der Waals surface area (Å²) in [7, 11) is 1.84. The molecule has 1 N–H and O–H groups in total. The average molecular weight is 294 g/mol. The van der Waals surface area contributed by atoms with Crippen molar-refractivity contribution < 1.29 is 9.21 Å². The number of rotatable bonds is 6. The summed E-state index contributed by atoms with van der Waals surface area (Å²) in [5, 5.41) is 12.8. The van der Waals surface area contributed by atoms with Crippen molar-refractivity contribution in [3.05, 3.63) is 23.4 Å². The molecule has 0 aliphatic heterocycles. The van der Waals surface area contributed by atoms with Crippen molar-refractivity contribution in [3.8, 4) is 10.8 Å². The number of thiophene rings is 1. The zero-order chi connectivity index (χ0) is 14.5. The molecule has 1 amide bonds. The molecule has 2 rings (SSSR count). The van der Waals surface area contributed by atoms with E-state index in [0.717, 1.165) is 4.88 Å². The fourth-order valence-electron chi connectivity index (χ4n) is 1.72. The molecule has 0 bridgehead atoms. The van der Waals surface area contributed by atoms with Gasteiger partial charge in [0.15, 0.2) is 0 Å². The van der Waals surface area contributed by atoms with Gasteiger partial charge in [-0.05, 0) is 32.3 Å². The fraction of sp³-hybridized carbons (Fsp3) is 0.462. The summed E-state index contributed by atoms with van der Waals surface area (Å²) in [5.74, 6) is 1.02. The molecule has 0 fully saturated rings. The second-order valence-electron chi connectivity index (χ2n) is 4.87. The Morgan fingerprint density at radius 2 is 2.30 bits per heavy atom. The lowest BCUT2D eigenvalue weighted by atomic mass is 10.4. The van der Waals surface area contributed by atoms with Crippen LogP contribution in [-0.4, -0.2) is 40.6 Å². The lowest BCUT2D eigenvalue weighted by Crippen LogP contribution is -2.38. The Kier molecular flexibility index (Phi) is 4.86. The van der Waals surface area contributed by atoms with Crippen LogP contribution in [0, 0.1) is 0 Å². The second kappa shape index (κ2) is 6.62. The van der Waals surface area contributed by atoms with Gasteiger partial charge in [-0.2, -0.15) is 0 Å². The van der Waals surface area contributed by atoms with E-state index in [1.807, 2.05) is 43.3 Å². The van der Waals surface area contributed by atoms with E-state index in [1.54, 1.807) is 11.3 Å². The van der Waals surface area contributed by atoms with Crippen molar-refractivity contribution in [3.63, 3.8) is 0 Å². The van der Waals surface area contributed by atoms with Crippen LogP contribution in [0.25, 0.3) is 10.8 Å². The summed E-state index contributed by atoms with van der Waals surface area (Å²) in [5.41, 5.74) is 0. The van der Waals surface area contributed by atoms with Gasteiger partial charge >= 0.3 is 0 Å². The Bertz CT molecular complexity index is 550. The molecule has 0 aliphatic carbocycles. The zero-order valence-corrected chi connectivity index (χ0v) is 12.6. The first-order chi connectivity index (χ1) is 9.54. The third-order valence-electron chi connectivity index (χ3n) is 2.47. The van der Waals surface area contributed by atoms with Crippen molar-refractivity contribution >= 4 is 17.2 Å². The van der Waals surface area contributed by atoms with Crippen LogP contribution in [0.15, 0.2) is 21.9 Å². The highest BCUT2D eigenvalue weighted by atomic mass is 32.1. The van der Waals surface area contributed by atoms with E-state index in [4.69, 9.17) is 4.42 Å². The van der Waals surface area contributed by atoms with Gasteiger partial charge in [-0.3, -0.25) is 9.69 Å².